The third-order valence-electron chi connectivity index (χ3n) is 4.56. The van der Waals surface area contributed by atoms with Gasteiger partial charge in [0.05, 0.1) is 29.8 Å². The molecule has 0 saturated heterocycles. The number of nitrogens with two attached hydrogens (primary N) is 1. The molecule has 1 aliphatic rings. The number of hydrogen-bond acceptors (Lipinski definition) is 6. The molecule has 0 spiro atoms. The van der Waals surface area contributed by atoms with E-state index in [1.54, 1.807) is 29.8 Å². The molecule has 3 heterocycles. The van der Waals surface area contributed by atoms with Crippen LogP contribution in [0.15, 0.2) is 42.0 Å². The van der Waals surface area contributed by atoms with Gasteiger partial charge in [-0.25, -0.2) is 4.98 Å². The molecule has 1 aromatic carbocycles. The van der Waals surface area contributed by atoms with E-state index < -0.39 is 0 Å². The number of anilines is 1. The Labute approximate surface area is 161 Å². The normalized spacial score (nSPS) is 15.7. The zero-order chi connectivity index (χ0) is 18.8. The van der Waals surface area contributed by atoms with Crippen LogP contribution in [0.1, 0.15) is 28.7 Å². The van der Waals surface area contributed by atoms with Gasteiger partial charge < -0.3 is 15.8 Å². The van der Waals surface area contributed by atoms with Crippen LogP contribution in [-0.2, 0) is 11.2 Å². The predicted octanol–water partition coefficient (Wildman–Crippen LogP) is 3.28. The molecule has 2 aromatic heterocycles. The fourth-order valence-corrected chi connectivity index (χ4v) is 3.87. The van der Waals surface area contributed by atoms with Crippen molar-refractivity contribution in [2.75, 3.05) is 12.3 Å². The smallest absolute Gasteiger partial charge is 0.226 e. The molecule has 3 N–H and O–H groups in total. The van der Waals surface area contributed by atoms with Crippen molar-refractivity contribution in [1.82, 2.24) is 15.3 Å². The lowest BCUT2D eigenvalue weighted by molar-refractivity contribution is -0.121. The fraction of sp³-hybridized carbons (Fsp3) is 0.250. The van der Waals surface area contributed by atoms with E-state index in [9.17, 15) is 4.79 Å². The van der Waals surface area contributed by atoms with E-state index in [1.807, 2.05) is 30.5 Å². The summed E-state index contributed by atoms with van der Waals surface area (Å²) in [6, 6.07) is 7.60. The third kappa shape index (κ3) is 3.78. The standard InChI is InChI=1S/C20H20N4O2S/c1-12-23-14(11-27-12)9-20(25)24-18-5-7-26-19-3-2-13(8-15(18)19)16-10-22-6-4-17(16)21/h2-4,6,8,10-11,18H,5,7,9H2,1H3,(H2,21,22)(H,24,25). The largest absolute Gasteiger partial charge is 0.493 e. The molecule has 1 aliphatic heterocycles. The summed E-state index contributed by atoms with van der Waals surface area (Å²) in [5.74, 6) is 0.756. The van der Waals surface area contributed by atoms with Crippen molar-refractivity contribution in [2.24, 2.45) is 0 Å². The van der Waals surface area contributed by atoms with E-state index in [4.69, 9.17) is 10.5 Å². The van der Waals surface area contributed by atoms with Crippen molar-refractivity contribution >= 4 is 22.9 Å². The molecule has 3 aromatic rings. The van der Waals surface area contributed by atoms with Crippen LogP contribution in [-0.4, -0.2) is 22.5 Å². The zero-order valence-corrected chi connectivity index (χ0v) is 15.8. The summed E-state index contributed by atoms with van der Waals surface area (Å²) in [6.45, 7) is 2.51. The summed E-state index contributed by atoms with van der Waals surface area (Å²) in [6.07, 6.45) is 4.43. The SMILES string of the molecule is Cc1nc(CC(=O)NC2CCOc3ccc(-c4cnccc4N)cc32)cs1. The molecule has 1 amide bonds. The van der Waals surface area contributed by atoms with Crippen LogP contribution in [0.3, 0.4) is 0 Å². The van der Waals surface area contributed by atoms with Crippen molar-refractivity contribution < 1.29 is 9.53 Å². The van der Waals surface area contributed by atoms with Crippen molar-refractivity contribution in [1.29, 1.82) is 0 Å². The Balaban J connectivity index is 1.57. The number of nitrogens with one attached hydrogen (secondary N) is 1. The molecule has 6 nitrogen and oxygen atoms in total. The van der Waals surface area contributed by atoms with Crippen LogP contribution in [0, 0.1) is 6.92 Å². The summed E-state index contributed by atoms with van der Waals surface area (Å²) in [7, 11) is 0. The fourth-order valence-electron chi connectivity index (χ4n) is 3.26. The van der Waals surface area contributed by atoms with Crippen LogP contribution >= 0.6 is 11.3 Å². The van der Waals surface area contributed by atoms with Crippen LogP contribution in [0.4, 0.5) is 5.69 Å². The second-order valence-corrected chi connectivity index (χ2v) is 7.57. The summed E-state index contributed by atoms with van der Waals surface area (Å²) in [4.78, 5) is 21.0. The second-order valence-electron chi connectivity index (χ2n) is 6.51. The van der Waals surface area contributed by atoms with Gasteiger partial charge in [-0.05, 0) is 30.7 Å². The monoisotopic (exact) mass is 380 g/mol. The Hall–Kier alpha value is -2.93. The minimum Gasteiger partial charge on any atom is -0.493 e. The van der Waals surface area contributed by atoms with Crippen LogP contribution in [0.2, 0.25) is 0 Å². The average Bonchev–Trinajstić information content (AvgIpc) is 3.06. The van der Waals surface area contributed by atoms with Gasteiger partial charge in [0.15, 0.2) is 0 Å². The summed E-state index contributed by atoms with van der Waals surface area (Å²) < 4.78 is 5.77. The van der Waals surface area contributed by atoms with Crippen LogP contribution in [0.5, 0.6) is 5.75 Å². The average molecular weight is 380 g/mol. The Bertz CT molecular complexity index is 986. The molecule has 0 radical (unpaired) electrons. The van der Waals surface area contributed by atoms with Crippen LogP contribution < -0.4 is 15.8 Å². The van der Waals surface area contributed by atoms with E-state index in [0.29, 0.717) is 12.3 Å². The number of hydrogen-bond donors (Lipinski definition) is 2. The highest BCUT2D eigenvalue weighted by molar-refractivity contribution is 7.09. The van der Waals surface area contributed by atoms with E-state index in [0.717, 1.165) is 39.6 Å². The van der Waals surface area contributed by atoms with Crippen LogP contribution in [0.25, 0.3) is 11.1 Å². The first kappa shape index (κ1) is 17.5. The number of carbonyl (C=O) groups is 1. The quantitative estimate of drug-likeness (QED) is 0.725. The van der Waals surface area contributed by atoms with Gasteiger partial charge in [0.1, 0.15) is 5.75 Å². The number of nitrogens with zero attached hydrogens (tertiary/aromatic N) is 2. The number of pyridine rings is 1. The van der Waals surface area contributed by atoms with E-state index >= 15 is 0 Å². The Morgan fingerprint density at radius 1 is 1.41 bits per heavy atom. The van der Waals surface area contributed by atoms with Gasteiger partial charge in [-0.15, -0.1) is 11.3 Å². The molecule has 138 valence electrons. The number of benzene rings is 1. The van der Waals surface area contributed by atoms with Gasteiger partial charge in [-0.3, -0.25) is 9.78 Å². The Kier molecular flexibility index (Phi) is 4.77. The highest BCUT2D eigenvalue weighted by Gasteiger charge is 2.24. The topological polar surface area (TPSA) is 90.1 Å². The lowest BCUT2D eigenvalue weighted by atomic mass is 9.95. The number of aromatic nitrogens is 2. The van der Waals surface area contributed by atoms with Crippen molar-refractivity contribution in [3.8, 4) is 16.9 Å². The highest BCUT2D eigenvalue weighted by Crippen LogP contribution is 2.36. The summed E-state index contributed by atoms with van der Waals surface area (Å²) in [5, 5.41) is 6.02. The zero-order valence-electron chi connectivity index (χ0n) is 14.9. The summed E-state index contributed by atoms with van der Waals surface area (Å²) in [5.41, 5.74) is 10.3. The number of fused-ring (bicyclic) bond motifs is 1. The number of thiazole rings is 1. The number of carbonyl (C=O) groups excluding carboxylic acids is 1. The van der Waals surface area contributed by atoms with E-state index in [1.165, 1.54) is 0 Å². The highest BCUT2D eigenvalue weighted by atomic mass is 32.1. The minimum atomic E-state index is -0.0983. The van der Waals surface area contributed by atoms with Gasteiger partial charge >= 0.3 is 0 Å². The molecular formula is C20H20N4O2S. The maximum absolute atomic E-state index is 12.5. The number of nitrogen functional groups attached to an aromatic ring is 1. The molecule has 1 unspecified atom stereocenters. The minimum absolute atomic E-state index is 0.0376. The molecule has 1 atom stereocenters. The number of rotatable bonds is 4. The molecule has 4 rings (SSSR count). The molecular weight excluding hydrogens is 360 g/mol. The van der Waals surface area contributed by atoms with E-state index in [-0.39, 0.29) is 18.4 Å². The van der Waals surface area contributed by atoms with Gasteiger partial charge in [0.25, 0.3) is 0 Å². The number of ether oxygens (including phenoxy) is 1. The Morgan fingerprint density at radius 2 is 2.30 bits per heavy atom. The first-order valence-corrected chi connectivity index (χ1v) is 9.65. The van der Waals surface area contributed by atoms with Gasteiger partial charge in [-0.1, -0.05) is 6.07 Å². The van der Waals surface area contributed by atoms with Crippen molar-refractivity contribution in [3.63, 3.8) is 0 Å². The molecule has 0 fully saturated rings. The predicted molar refractivity (Wildman–Crippen MR) is 106 cm³/mol. The maximum Gasteiger partial charge on any atom is 0.226 e. The maximum atomic E-state index is 12.5. The molecule has 0 aliphatic carbocycles. The second kappa shape index (κ2) is 7.36. The first-order valence-electron chi connectivity index (χ1n) is 8.77. The van der Waals surface area contributed by atoms with Gasteiger partial charge in [0.2, 0.25) is 5.91 Å². The lowest BCUT2D eigenvalue weighted by Gasteiger charge is -2.27. The van der Waals surface area contributed by atoms with E-state index in [2.05, 4.69) is 15.3 Å². The van der Waals surface area contributed by atoms with Crippen molar-refractivity contribution in [3.05, 3.63) is 58.3 Å². The molecule has 0 saturated carbocycles. The van der Waals surface area contributed by atoms with Gasteiger partial charge in [0, 0.05) is 41.0 Å². The molecule has 27 heavy (non-hydrogen) atoms. The lowest BCUT2D eigenvalue weighted by Crippen LogP contribution is -2.33. The molecule has 7 heteroatoms. The van der Waals surface area contributed by atoms with Crippen molar-refractivity contribution in [2.45, 2.75) is 25.8 Å². The molecule has 0 bridgehead atoms. The number of amides is 1. The summed E-state index contributed by atoms with van der Waals surface area (Å²) >= 11 is 1.55. The first-order chi connectivity index (χ1) is 13.1. The van der Waals surface area contributed by atoms with Gasteiger partial charge in [-0.2, -0.15) is 0 Å². The third-order valence-corrected chi connectivity index (χ3v) is 5.38. The Morgan fingerprint density at radius 3 is 3.07 bits per heavy atom. The number of aryl methyl sites for hydroxylation is 1.